The van der Waals surface area contributed by atoms with Crippen LogP contribution < -0.4 is 4.74 Å². The summed E-state index contributed by atoms with van der Waals surface area (Å²) in [5, 5.41) is -0.450. The van der Waals surface area contributed by atoms with E-state index in [1.807, 2.05) is 0 Å². The van der Waals surface area contributed by atoms with Crippen molar-refractivity contribution in [3.63, 3.8) is 0 Å². The van der Waals surface area contributed by atoms with E-state index in [4.69, 9.17) is 16.3 Å². The highest BCUT2D eigenvalue weighted by Crippen LogP contribution is 2.30. The molecule has 1 fully saturated rings. The second-order valence-corrected chi connectivity index (χ2v) is 5.01. The summed E-state index contributed by atoms with van der Waals surface area (Å²) in [6, 6.07) is 0.786. The van der Waals surface area contributed by atoms with Crippen molar-refractivity contribution in [3.05, 3.63) is 17.0 Å². The van der Waals surface area contributed by atoms with Crippen molar-refractivity contribution in [2.24, 2.45) is 5.92 Å². The minimum Gasteiger partial charge on any atom is -0.477 e. The van der Waals surface area contributed by atoms with Crippen LogP contribution in [0, 0.1) is 5.92 Å². The van der Waals surface area contributed by atoms with E-state index in [1.54, 1.807) is 0 Å². The van der Waals surface area contributed by atoms with Crippen LogP contribution in [0.3, 0.4) is 0 Å². The number of ether oxygens (including phenoxy) is 1. The van der Waals surface area contributed by atoms with Crippen LogP contribution in [0.4, 0.5) is 13.2 Å². The Hall–Kier alpha value is -1.04. The van der Waals surface area contributed by atoms with Crippen LogP contribution in [0.2, 0.25) is 5.28 Å². The topological polar surface area (TPSA) is 35.0 Å². The van der Waals surface area contributed by atoms with Crippen molar-refractivity contribution < 1.29 is 17.9 Å². The zero-order valence-corrected chi connectivity index (χ0v) is 11.0. The highest BCUT2D eigenvalue weighted by Gasteiger charge is 2.34. The summed E-state index contributed by atoms with van der Waals surface area (Å²) >= 11 is 5.48. The summed E-state index contributed by atoms with van der Waals surface area (Å²) in [7, 11) is 0. The second-order valence-electron chi connectivity index (χ2n) is 4.67. The highest BCUT2D eigenvalue weighted by atomic mass is 35.5. The molecule has 0 aliphatic heterocycles. The van der Waals surface area contributed by atoms with Crippen molar-refractivity contribution in [2.75, 3.05) is 6.61 Å². The first-order valence-electron chi connectivity index (χ1n) is 6.20. The summed E-state index contributed by atoms with van der Waals surface area (Å²) in [5.41, 5.74) is -1.08. The fourth-order valence-corrected chi connectivity index (χ4v) is 2.35. The average Bonchev–Trinajstić information content (AvgIpc) is 2.36. The fraction of sp³-hybridized carbons (Fsp3) is 0.667. The molecule has 1 aliphatic carbocycles. The Labute approximate surface area is 114 Å². The number of halogens is 4. The molecule has 7 heteroatoms. The lowest BCUT2D eigenvalue weighted by Crippen LogP contribution is -2.16. The molecular formula is C12H14ClF3N2O. The minimum absolute atomic E-state index is 0.113. The van der Waals surface area contributed by atoms with Crippen LogP contribution in [-0.4, -0.2) is 16.6 Å². The Kier molecular flexibility index (Phi) is 4.50. The standard InChI is InChI=1S/C12H14ClF3N2O/c13-11-17-9(12(14,15)16)6-10(18-11)19-7-8-4-2-1-3-5-8/h6,8H,1-5,7H2. The van der Waals surface area contributed by atoms with Gasteiger partial charge in [0, 0.05) is 6.07 Å². The van der Waals surface area contributed by atoms with Gasteiger partial charge in [-0.25, -0.2) is 4.98 Å². The summed E-state index contributed by atoms with van der Waals surface area (Å²) in [6.45, 7) is 0.380. The average molecular weight is 295 g/mol. The summed E-state index contributed by atoms with van der Waals surface area (Å²) < 4.78 is 42.9. The van der Waals surface area contributed by atoms with Crippen molar-refractivity contribution in [1.29, 1.82) is 0 Å². The van der Waals surface area contributed by atoms with E-state index in [0.717, 1.165) is 31.7 Å². The van der Waals surface area contributed by atoms with Gasteiger partial charge in [0.15, 0.2) is 5.69 Å². The van der Waals surface area contributed by atoms with Gasteiger partial charge in [-0.2, -0.15) is 18.2 Å². The summed E-state index contributed by atoms with van der Waals surface area (Å²) in [4.78, 5) is 6.81. The van der Waals surface area contributed by atoms with Crippen LogP contribution in [0.15, 0.2) is 6.07 Å². The molecule has 19 heavy (non-hydrogen) atoms. The predicted octanol–water partition coefficient (Wildman–Crippen LogP) is 4.11. The zero-order chi connectivity index (χ0) is 13.9. The lowest BCUT2D eigenvalue weighted by Gasteiger charge is -2.21. The molecular weight excluding hydrogens is 281 g/mol. The van der Waals surface area contributed by atoms with E-state index in [2.05, 4.69) is 9.97 Å². The molecule has 1 aromatic heterocycles. The number of hydrogen-bond acceptors (Lipinski definition) is 3. The first-order valence-corrected chi connectivity index (χ1v) is 6.57. The quantitative estimate of drug-likeness (QED) is 0.787. The van der Waals surface area contributed by atoms with Gasteiger partial charge in [0.1, 0.15) is 0 Å². The maximum Gasteiger partial charge on any atom is 0.433 e. The third-order valence-electron chi connectivity index (χ3n) is 3.16. The maximum absolute atomic E-state index is 12.5. The molecule has 0 saturated heterocycles. The molecule has 106 valence electrons. The molecule has 3 nitrogen and oxygen atoms in total. The molecule has 0 bridgehead atoms. The molecule has 0 radical (unpaired) electrons. The summed E-state index contributed by atoms with van der Waals surface area (Å²) in [6.07, 6.45) is 1.05. The monoisotopic (exact) mass is 294 g/mol. The summed E-state index contributed by atoms with van der Waals surface area (Å²) in [5.74, 6) is 0.273. The minimum atomic E-state index is -4.55. The van der Waals surface area contributed by atoms with Gasteiger partial charge in [-0.15, -0.1) is 0 Å². The van der Waals surface area contributed by atoms with Crippen molar-refractivity contribution in [1.82, 2.24) is 9.97 Å². The second kappa shape index (κ2) is 5.94. The molecule has 0 amide bonds. The molecule has 0 aromatic carbocycles. The Balaban J connectivity index is 2.01. The lowest BCUT2D eigenvalue weighted by atomic mass is 9.90. The predicted molar refractivity (Wildman–Crippen MR) is 64.1 cm³/mol. The molecule has 1 saturated carbocycles. The van der Waals surface area contributed by atoms with Crippen LogP contribution in [-0.2, 0) is 6.18 Å². The molecule has 2 rings (SSSR count). The Morgan fingerprint density at radius 1 is 1.21 bits per heavy atom. The number of rotatable bonds is 3. The largest absolute Gasteiger partial charge is 0.477 e. The van der Waals surface area contributed by atoms with Gasteiger partial charge in [0.05, 0.1) is 6.61 Å². The number of nitrogens with zero attached hydrogens (tertiary/aromatic N) is 2. The highest BCUT2D eigenvalue weighted by molar-refractivity contribution is 6.28. The lowest BCUT2D eigenvalue weighted by molar-refractivity contribution is -0.141. The van der Waals surface area contributed by atoms with E-state index in [0.29, 0.717) is 12.5 Å². The van der Waals surface area contributed by atoms with Crippen LogP contribution in [0.1, 0.15) is 37.8 Å². The smallest absolute Gasteiger partial charge is 0.433 e. The van der Waals surface area contributed by atoms with Gasteiger partial charge in [-0.3, -0.25) is 0 Å². The van der Waals surface area contributed by atoms with Crippen LogP contribution >= 0.6 is 11.6 Å². The molecule has 1 aliphatic rings. The Bertz CT molecular complexity index is 433. The Morgan fingerprint density at radius 2 is 1.89 bits per heavy atom. The zero-order valence-electron chi connectivity index (χ0n) is 10.2. The van der Waals surface area contributed by atoms with Crippen LogP contribution in [0.25, 0.3) is 0 Å². The molecule has 0 atom stereocenters. The molecule has 1 aromatic rings. The number of alkyl halides is 3. The molecule has 0 unspecified atom stereocenters. The van der Waals surface area contributed by atoms with Gasteiger partial charge >= 0.3 is 6.18 Å². The third kappa shape index (κ3) is 4.23. The molecule has 1 heterocycles. The maximum atomic E-state index is 12.5. The van der Waals surface area contributed by atoms with E-state index in [9.17, 15) is 13.2 Å². The van der Waals surface area contributed by atoms with Crippen molar-refractivity contribution >= 4 is 11.6 Å². The fourth-order valence-electron chi connectivity index (χ4n) is 2.17. The first-order chi connectivity index (χ1) is 8.95. The van der Waals surface area contributed by atoms with Gasteiger partial charge in [0.2, 0.25) is 11.2 Å². The molecule has 0 spiro atoms. The normalized spacial score (nSPS) is 17.5. The number of aromatic nitrogens is 2. The van der Waals surface area contributed by atoms with E-state index >= 15 is 0 Å². The number of hydrogen-bond donors (Lipinski definition) is 0. The van der Waals surface area contributed by atoms with Crippen molar-refractivity contribution in [2.45, 2.75) is 38.3 Å². The van der Waals surface area contributed by atoms with Gasteiger partial charge in [-0.1, -0.05) is 19.3 Å². The van der Waals surface area contributed by atoms with Gasteiger partial charge in [0.25, 0.3) is 0 Å². The van der Waals surface area contributed by atoms with Gasteiger partial charge < -0.3 is 4.74 Å². The molecule has 0 N–H and O–H groups in total. The SMILES string of the molecule is FC(F)(F)c1cc(OCC2CCCCC2)nc(Cl)n1. The Morgan fingerprint density at radius 3 is 2.53 bits per heavy atom. The first kappa shape index (κ1) is 14.4. The van der Waals surface area contributed by atoms with E-state index in [1.165, 1.54) is 6.42 Å². The van der Waals surface area contributed by atoms with Crippen molar-refractivity contribution in [3.8, 4) is 5.88 Å². The van der Waals surface area contributed by atoms with E-state index < -0.39 is 17.2 Å². The van der Waals surface area contributed by atoms with Gasteiger partial charge in [-0.05, 0) is 30.4 Å². The van der Waals surface area contributed by atoms with E-state index in [-0.39, 0.29) is 5.88 Å². The van der Waals surface area contributed by atoms with Crippen LogP contribution in [0.5, 0.6) is 5.88 Å². The third-order valence-corrected chi connectivity index (χ3v) is 3.33.